The van der Waals surface area contributed by atoms with Crippen molar-refractivity contribution in [2.24, 2.45) is 7.05 Å². The van der Waals surface area contributed by atoms with Crippen LogP contribution in [-0.4, -0.2) is 33.9 Å². The summed E-state index contributed by atoms with van der Waals surface area (Å²) in [4.78, 5) is 15.1. The Morgan fingerprint density at radius 1 is 1.77 bits per heavy atom. The fourth-order valence-electron chi connectivity index (χ4n) is 0.728. The summed E-state index contributed by atoms with van der Waals surface area (Å²) in [6, 6.07) is 0. The summed E-state index contributed by atoms with van der Waals surface area (Å²) in [6.07, 6.45) is 0.879. The zero-order chi connectivity index (χ0) is 9.84. The number of carbonyl (C=O) groups excluding carboxylic acids is 1. The molecule has 1 heterocycles. The number of anilines is 1. The maximum atomic E-state index is 11.3. The molecule has 13 heavy (non-hydrogen) atoms. The summed E-state index contributed by atoms with van der Waals surface area (Å²) in [5.41, 5.74) is 0. The van der Waals surface area contributed by atoms with Crippen molar-refractivity contribution in [3.8, 4) is 0 Å². The van der Waals surface area contributed by atoms with Gasteiger partial charge in [0.1, 0.15) is 12.4 Å². The molecule has 0 aliphatic rings. The van der Waals surface area contributed by atoms with E-state index in [9.17, 15) is 4.79 Å². The number of hydrogen-bond acceptors (Lipinski definition) is 4. The number of hydrogen-bond donors (Lipinski definition) is 1. The molecule has 6 heteroatoms. The number of carbonyl (C=O) groups is 1. The van der Waals surface area contributed by atoms with E-state index in [2.05, 4.69) is 15.4 Å². The van der Waals surface area contributed by atoms with Crippen LogP contribution in [0.25, 0.3) is 0 Å². The number of nitrogens with zero attached hydrogens (tertiary/aromatic N) is 3. The Bertz CT molecular complexity index is 296. The lowest BCUT2D eigenvalue weighted by molar-refractivity contribution is -0.124. The maximum Gasteiger partial charge on any atom is 0.255 e. The van der Waals surface area contributed by atoms with Crippen LogP contribution in [0.5, 0.6) is 0 Å². The molecule has 0 saturated heterocycles. The van der Waals surface area contributed by atoms with E-state index in [1.165, 1.54) is 18.1 Å². The molecule has 6 nitrogen and oxygen atoms in total. The number of amides is 1. The van der Waals surface area contributed by atoms with Crippen molar-refractivity contribution in [2.75, 3.05) is 12.4 Å². The molecule has 0 aromatic carbocycles. The zero-order valence-corrected chi connectivity index (χ0v) is 7.81. The lowest BCUT2D eigenvalue weighted by atomic mass is 10.4. The zero-order valence-electron chi connectivity index (χ0n) is 7.81. The summed E-state index contributed by atoms with van der Waals surface area (Å²) in [6.45, 7) is 1.66. The fourth-order valence-corrected chi connectivity index (χ4v) is 0.728. The van der Waals surface area contributed by atoms with E-state index in [0.717, 1.165) is 0 Å². The molecular weight excluding hydrogens is 172 g/mol. The number of aryl methyl sites for hydroxylation is 1. The van der Waals surface area contributed by atoms with E-state index >= 15 is 0 Å². The van der Waals surface area contributed by atoms with Crippen LogP contribution in [0.15, 0.2) is 6.33 Å². The third-order valence-corrected chi connectivity index (χ3v) is 1.67. The van der Waals surface area contributed by atoms with Crippen LogP contribution in [-0.2, 0) is 16.6 Å². The van der Waals surface area contributed by atoms with E-state index < -0.39 is 6.10 Å². The maximum absolute atomic E-state index is 11.3. The topological polar surface area (TPSA) is 69.0 Å². The van der Waals surface area contributed by atoms with E-state index in [0.29, 0.717) is 5.95 Å². The minimum absolute atomic E-state index is 0.237. The highest BCUT2D eigenvalue weighted by Gasteiger charge is 2.13. The Morgan fingerprint density at radius 2 is 2.46 bits per heavy atom. The summed E-state index contributed by atoms with van der Waals surface area (Å²) in [5, 5.41) is 6.37. The van der Waals surface area contributed by atoms with Crippen molar-refractivity contribution in [2.45, 2.75) is 13.0 Å². The van der Waals surface area contributed by atoms with Gasteiger partial charge in [0.2, 0.25) is 5.95 Å². The number of methoxy groups -OCH3 is 1. The predicted molar refractivity (Wildman–Crippen MR) is 46.1 cm³/mol. The van der Waals surface area contributed by atoms with E-state index in [4.69, 9.17) is 4.74 Å². The number of ether oxygens (including phenoxy) is 1. The molecule has 1 N–H and O–H groups in total. The standard InChI is InChI=1S/C7H12N4O2/c1-5(13-3)6(12)10-7-8-4-9-11(7)2/h4-5H,1-3H3,(H,8,9,10,12). The van der Waals surface area contributed by atoms with Crippen LogP contribution in [0.3, 0.4) is 0 Å². The van der Waals surface area contributed by atoms with Gasteiger partial charge in [0, 0.05) is 14.2 Å². The van der Waals surface area contributed by atoms with Crippen LogP contribution in [0.4, 0.5) is 5.95 Å². The Balaban J connectivity index is 2.60. The largest absolute Gasteiger partial charge is 0.372 e. The number of rotatable bonds is 3. The minimum atomic E-state index is -0.489. The number of nitrogens with one attached hydrogen (secondary N) is 1. The first-order valence-electron chi connectivity index (χ1n) is 3.82. The van der Waals surface area contributed by atoms with Crippen LogP contribution in [0.1, 0.15) is 6.92 Å². The highest BCUT2D eigenvalue weighted by Crippen LogP contribution is 1.99. The second-order valence-corrected chi connectivity index (χ2v) is 2.57. The first kappa shape index (κ1) is 9.66. The SMILES string of the molecule is COC(C)C(=O)Nc1ncnn1C. The Morgan fingerprint density at radius 3 is 2.92 bits per heavy atom. The average molecular weight is 184 g/mol. The quantitative estimate of drug-likeness (QED) is 0.705. The molecule has 1 unspecified atom stereocenters. The van der Waals surface area contributed by atoms with Crippen molar-refractivity contribution in [1.29, 1.82) is 0 Å². The van der Waals surface area contributed by atoms with Gasteiger partial charge in [0.25, 0.3) is 5.91 Å². The highest BCUT2D eigenvalue weighted by molar-refractivity contribution is 5.92. The van der Waals surface area contributed by atoms with Crippen molar-refractivity contribution in [1.82, 2.24) is 14.8 Å². The van der Waals surface area contributed by atoms with Crippen molar-refractivity contribution < 1.29 is 9.53 Å². The van der Waals surface area contributed by atoms with Gasteiger partial charge in [-0.15, -0.1) is 0 Å². The molecule has 0 aliphatic heterocycles. The van der Waals surface area contributed by atoms with Gasteiger partial charge in [-0.05, 0) is 6.92 Å². The van der Waals surface area contributed by atoms with Crippen LogP contribution < -0.4 is 5.32 Å². The molecule has 1 aromatic rings. The number of aromatic nitrogens is 3. The van der Waals surface area contributed by atoms with Gasteiger partial charge >= 0.3 is 0 Å². The van der Waals surface area contributed by atoms with Gasteiger partial charge in [-0.1, -0.05) is 0 Å². The van der Waals surface area contributed by atoms with Gasteiger partial charge in [0.05, 0.1) is 0 Å². The first-order chi connectivity index (χ1) is 6.15. The molecule has 0 aliphatic carbocycles. The molecule has 1 amide bonds. The lowest BCUT2D eigenvalue weighted by Gasteiger charge is -2.08. The average Bonchev–Trinajstić information content (AvgIpc) is 2.50. The summed E-state index contributed by atoms with van der Waals surface area (Å²) < 4.78 is 6.30. The monoisotopic (exact) mass is 184 g/mol. The third-order valence-electron chi connectivity index (χ3n) is 1.67. The first-order valence-corrected chi connectivity index (χ1v) is 3.82. The molecule has 0 spiro atoms. The summed E-state index contributed by atoms with van der Waals surface area (Å²) in [7, 11) is 3.17. The van der Waals surface area contributed by atoms with Gasteiger partial charge in [-0.25, -0.2) is 4.68 Å². The molecular formula is C7H12N4O2. The van der Waals surface area contributed by atoms with Crippen LogP contribution in [0, 0.1) is 0 Å². The van der Waals surface area contributed by atoms with E-state index in [1.54, 1.807) is 14.0 Å². The van der Waals surface area contributed by atoms with E-state index in [1.807, 2.05) is 0 Å². The van der Waals surface area contributed by atoms with Crippen molar-refractivity contribution in [3.63, 3.8) is 0 Å². The van der Waals surface area contributed by atoms with Crippen molar-refractivity contribution in [3.05, 3.63) is 6.33 Å². The van der Waals surface area contributed by atoms with Crippen LogP contribution >= 0.6 is 0 Å². The molecule has 72 valence electrons. The molecule has 0 saturated carbocycles. The Labute approximate surface area is 75.9 Å². The summed E-state index contributed by atoms with van der Waals surface area (Å²) in [5.74, 6) is 0.174. The molecule has 1 atom stereocenters. The van der Waals surface area contributed by atoms with E-state index in [-0.39, 0.29) is 5.91 Å². The highest BCUT2D eigenvalue weighted by atomic mass is 16.5. The molecule has 0 radical (unpaired) electrons. The van der Waals surface area contributed by atoms with Gasteiger partial charge in [-0.2, -0.15) is 10.1 Å². The second-order valence-electron chi connectivity index (χ2n) is 2.57. The van der Waals surface area contributed by atoms with Gasteiger partial charge < -0.3 is 4.74 Å². The molecule has 1 rings (SSSR count). The minimum Gasteiger partial charge on any atom is -0.372 e. The normalized spacial score (nSPS) is 12.5. The third kappa shape index (κ3) is 2.25. The predicted octanol–water partition coefficient (Wildman–Crippen LogP) is -0.212. The van der Waals surface area contributed by atoms with Crippen LogP contribution in [0.2, 0.25) is 0 Å². The van der Waals surface area contributed by atoms with Crippen molar-refractivity contribution >= 4 is 11.9 Å². The van der Waals surface area contributed by atoms with Gasteiger partial charge in [0.15, 0.2) is 0 Å². The molecule has 0 bridgehead atoms. The second kappa shape index (κ2) is 3.99. The lowest BCUT2D eigenvalue weighted by Crippen LogP contribution is -2.27. The Kier molecular flexibility index (Phi) is 2.97. The smallest absolute Gasteiger partial charge is 0.255 e. The fraction of sp³-hybridized carbons (Fsp3) is 0.571. The van der Waals surface area contributed by atoms with Gasteiger partial charge in [-0.3, -0.25) is 10.1 Å². The Hall–Kier alpha value is -1.43. The summed E-state index contributed by atoms with van der Waals surface area (Å²) >= 11 is 0. The molecule has 0 fully saturated rings. The molecule has 1 aromatic heterocycles.